The molecule has 3 rings (SSSR count). The van der Waals surface area contributed by atoms with Crippen molar-refractivity contribution >= 4 is 11.8 Å². The highest BCUT2D eigenvalue weighted by Gasteiger charge is 2.21. The number of hydrogen-bond acceptors (Lipinski definition) is 8. The van der Waals surface area contributed by atoms with Crippen LogP contribution in [-0.4, -0.2) is 30.3 Å². The normalized spacial score (nSPS) is 10.4. The molecule has 0 unspecified atom stereocenters. The second-order valence-corrected chi connectivity index (χ2v) is 5.88. The van der Waals surface area contributed by atoms with E-state index in [4.69, 9.17) is 14.9 Å². The van der Waals surface area contributed by atoms with Crippen LogP contribution < -0.4 is 10.5 Å². The molecule has 0 saturated heterocycles. The Bertz CT molecular complexity index is 1110. The van der Waals surface area contributed by atoms with Crippen molar-refractivity contribution in [2.24, 2.45) is 0 Å². The highest BCUT2D eigenvalue weighted by Crippen LogP contribution is 2.38. The summed E-state index contributed by atoms with van der Waals surface area (Å²) in [6, 6.07) is 9.75. The Balaban J connectivity index is 2.24. The lowest BCUT2D eigenvalue weighted by Crippen LogP contribution is -2.01. The van der Waals surface area contributed by atoms with Gasteiger partial charge in [-0.3, -0.25) is 0 Å². The van der Waals surface area contributed by atoms with Gasteiger partial charge in [0.25, 0.3) is 0 Å². The third-order valence-corrected chi connectivity index (χ3v) is 4.21. The van der Waals surface area contributed by atoms with E-state index >= 15 is 0 Å². The molecule has 0 saturated carbocycles. The maximum Gasteiger partial charge on any atom is 0.373 e. The number of phenols is 1. The third kappa shape index (κ3) is 3.21. The second-order valence-electron chi connectivity index (χ2n) is 5.88. The fourth-order valence-corrected chi connectivity index (χ4v) is 2.87. The maximum atomic E-state index is 11.7. The van der Waals surface area contributed by atoms with E-state index in [1.165, 1.54) is 32.4 Å². The van der Waals surface area contributed by atoms with Gasteiger partial charge in [0, 0.05) is 28.8 Å². The van der Waals surface area contributed by atoms with E-state index in [1.807, 2.05) is 0 Å². The number of rotatable bonds is 4. The van der Waals surface area contributed by atoms with Crippen LogP contribution in [0.25, 0.3) is 22.4 Å². The fourth-order valence-electron chi connectivity index (χ4n) is 2.87. The van der Waals surface area contributed by atoms with E-state index in [0.717, 1.165) is 0 Å². The molecule has 142 valence electrons. The zero-order chi connectivity index (χ0) is 20.4. The van der Waals surface area contributed by atoms with Gasteiger partial charge in [-0.05, 0) is 25.1 Å². The highest BCUT2D eigenvalue weighted by atomic mass is 16.5. The molecule has 1 aromatic carbocycles. The summed E-state index contributed by atoms with van der Waals surface area (Å²) in [6.45, 7) is 1.68. The van der Waals surface area contributed by atoms with Crippen LogP contribution in [0.4, 0.5) is 5.82 Å². The van der Waals surface area contributed by atoms with Crippen molar-refractivity contribution in [1.29, 1.82) is 5.26 Å². The minimum atomic E-state index is -0.614. The molecule has 2 aromatic heterocycles. The minimum absolute atomic E-state index is 0.0188. The van der Waals surface area contributed by atoms with E-state index in [1.54, 1.807) is 19.1 Å². The lowest BCUT2D eigenvalue weighted by Gasteiger charge is -2.13. The zero-order valence-corrected chi connectivity index (χ0v) is 15.4. The van der Waals surface area contributed by atoms with Gasteiger partial charge >= 0.3 is 5.97 Å². The summed E-state index contributed by atoms with van der Waals surface area (Å²) in [5.74, 6) is 0.271. The Hall–Kier alpha value is -3.99. The van der Waals surface area contributed by atoms with Gasteiger partial charge in [0.05, 0.1) is 19.9 Å². The van der Waals surface area contributed by atoms with Crippen LogP contribution in [0.1, 0.15) is 21.9 Å². The molecular formula is C20H17N3O5. The Kier molecular flexibility index (Phi) is 4.92. The standard InChI is InChI=1S/C20H17N3O5/c1-10-13(8-18(28-10)20(25)27-3)16-7-14(15(9-21)19(22)23-16)12-5-4-11(24)6-17(12)26-2/h4-8,24H,1-3H3,(H2,22,23). The van der Waals surface area contributed by atoms with Gasteiger partial charge in [-0.25, -0.2) is 9.78 Å². The molecular weight excluding hydrogens is 362 g/mol. The molecule has 8 heteroatoms. The number of hydrogen-bond donors (Lipinski definition) is 2. The monoisotopic (exact) mass is 379 g/mol. The number of carbonyl (C=O) groups is 1. The maximum absolute atomic E-state index is 11.7. The quantitative estimate of drug-likeness (QED) is 0.660. The minimum Gasteiger partial charge on any atom is -0.508 e. The fraction of sp³-hybridized carbons (Fsp3) is 0.150. The lowest BCUT2D eigenvalue weighted by molar-refractivity contribution is 0.0563. The van der Waals surface area contributed by atoms with Gasteiger partial charge in [-0.1, -0.05) is 0 Å². The average Bonchev–Trinajstić information content (AvgIpc) is 3.08. The first-order valence-electron chi connectivity index (χ1n) is 8.16. The van der Waals surface area contributed by atoms with Gasteiger partial charge < -0.3 is 24.7 Å². The first-order valence-corrected chi connectivity index (χ1v) is 8.16. The molecule has 0 aliphatic heterocycles. The van der Waals surface area contributed by atoms with Crippen molar-refractivity contribution in [3.8, 4) is 40.0 Å². The Morgan fingerprint density at radius 2 is 1.96 bits per heavy atom. The molecule has 0 atom stereocenters. The van der Waals surface area contributed by atoms with E-state index in [0.29, 0.717) is 33.9 Å². The highest BCUT2D eigenvalue weighted by molar-refractivity contribution is 5.89. The van der Waals surface area contributed by atoms with Crippen molar-refractivity contribution in [2.75, 3.05) is 20.0 Å². The van der Waals surface area contributed by atoms with Gasteiger partial charge in [0.1, 0.15) is 34.7 Å². The third-order valence-electron chi connectivity index (χ3n) is 4.21. The topological polar surface area (TPSA) is 132 Å². The second kappa shape index (κ2) is 7.32. The number of methoxy groups -OCH3 is 2. The van der Waals surface area contributed by atoms with Crippen LogP contribution in [-0.2, 0) is 4.74 Å². The number of carbonyl (C=O) groups excluding carboxylic acids is 1. The van der Waals surface area contributed by atoms with Crippen LogP contribution in [0.15, 0.2) is 34.7 Å². The number of aryl methyl sites for hydroxylation is 1. The Labute approximate surface area is 160 Å². The summed E-state index contributed by atoms with van der Waals surface area (Å²) in [5.41, 5.74) is 8.18. The molecule has 3 N–H and O–H groups in total. The summed E-state index contributed by atoms with van der Waals surface area (Å²) in [4.78, 5) is 16.0. The van der Waals surface area contributed by atoms with Crippen molar-refractivity contribution in [1.82, 2.24) is 4.98 Å². The van der Waals surface area contributed by atoms with Gasteiger partial charge in [-0.2, -0.15) is 5.26 Å². The number of nitrogens with zero attached hydrogens (tertiary/aromatic N) is 2. The number of nitrogens with two attached hydrogens (primary N) is 1. The number of benzene rings is 1. The molecule has 0 aliphatic carbocycles. The molecule has 0 bridgehead atoms. The number of nitrogen functional groups attached to an aromatic ring is 1. The van der Waals surface area contributed by atoms with E-state index < -0.39 is 5.97 Å². The van der Waals surface area contributed by atoms with Crippen LogP contribution in [0, 0.1) is 18.3 Å². The van der Waals surface area contributed by atoms with Crippen LogP contribution in [0.5, 0.6) is 11.5 Å². The number of anilines is 1. The van der Waals surface area contributed by atoms with Crippen molar-refractivity contribution in [3.63, 3.8) is 0 Å². The molecule has 0 spiro atoms. The predicted molar refractivity (Wildman–Crippen MR) is 101 cm³/mol. The van der Waals surface area contributed by atoms with Crippen molar-refractivity contribution in [3.05, 3.63) is 47.4 Å². The van der Waals surface area contributed by atoms with Gasteiger partial charge in [0.15, 0.2) is 0 Å². The first-order chi connectivity index (χ1) is 13.4. The molecule has 0 aliphatic rings. The lowest BCUT2D eigenvalue weighted by atomic mass is 9.97. The molecule has 0 amide bonds. The predicted octanol–water partition coefficient (Wildman–Crippen LogP) is 3.27. The smallest absolute Gasteiger partial charge is 0.373 e. The summed E-state index contributed by atoms with van der Waals surface area (Å²) in [7, 11) is 2.71. The first kappa shape index (κ1) is 18.8. The number of ether oxygens (including phenoxy) is 2. The summed E-state index contributed by atoms with van der Waals surface area (Å²) in [5, 5.41) is 19.3. The number of aromatic hydroxyl groups is 1. The number of pyridine rings is 1. The summed E-state index contributed by atoms with van der Waals surface area (Å²) < 4.78 is 15.4. The number of furan rings is 1. The number of esters is 1. The molecule has 0 radical (unpaired) electrons. The molecule has 28 heavy (non-hydrogen) atoms. The van der Waals surface area contributed by atoms with Crippen molar-refractivity contribution in [2.45, 2.75) is 6.92 Å². The number of nitriles is 1. The van der Waals surface area contributed by atoms with Gasteiger partial charge in [-0.15, -0.1) is 0 Å². The van der Waals surface area contributed by atoms with Crippen molar-refractivity contribution < 1.29 is 23.8 Å². The largest absolute Gasteiger partial charge is 0.508 e. The van der Waals surface area contributed by atoms with Crippen LogP contribution >= 0.6 is 0 Å². The summed E-state index contributed by atoms with van der Waals surface area (Å²) in [6.07, 6.45) is 0. The van der Waals surface area contributed by atoms with E-state index in [9.17, 15) is 15.2 Å². The number of phenolic OH excluding ortho intramolecular Hbond substituents is 1. The average molecular weight is 379 g/mol. The Morgan fingerprint density at radius 1 is 1.21 bits per heavy atom. The number of aromatic nitrogens is 1. The summed E-state index contributed by atoms with van der Waals surface area (Å²) >= 11 is 0. The Morgan fingerprint density at radius 3 is 2.61 bits per heavy atom. The molecule has 2 heterocycles. The SMILES string of the molecule is COC(=O)c1cc(-c2cc(-c3ccc(O)cc3OC)c(C#N)c(N)n2)c(C)o1. The van der Waals surface area contributed by atoms with Crippen LogP contribution in [0.3, 0.4) is 0 Å². The molecule has 0 fully saturated rings. The van der Waals surface area contributed by atoms with Crippen LogP contribution in [0.2, 0.25) is 0 Å². The zero-order valence-electron chi connectivity index (χ0n) is 15.4. The van der Waals surface area contributed by atoms with Gasteiger partial charge in [0.2, 0.25) is 5.76 Å². The molecule has 8 nitrogen and oxygen atoms in total. The molecule has 3 aromatic rings. The van der Waals surface area contributed by atoms with E-state index in [2.05, 4.69) is 15.8 Å². The van der Waals surface area contributed by atoms with E-state index in [-0.39, 0.29) is 22.9 Å².